The Bertz CT molecular complexity index is 679. The molecular formula is C18H20N2O. The number of aryl methyl sites for hydroxylation is 3. The molecule has 0 radical (unpaired) electrons. The minimum Gasteiger partial charge on any atom is -0.399 e. The van der Waals surface area contributed by atoms with Gasteiger partial charge in [0.05, 0.1) is 0 Å². The summed E-state index contributed by atoms with van der Waals surface area (Å²) >= 11 is 0. The molecule has 2 aromatic carbocycles. The predicted octanol–water partition coefficient (Wildman–Crippen LogP) is 3.85. The Morgan fingerprint density at radius 2 is 1.76 bits per heavy atom. The van der Waals surface area contributed by atoms with Gasteiger partial charge in [-0.05, 0) is 55.7 Å². The van der Waals surface area contributed by atoms with Gasteiger partial charge in [0.15, 0.2) is 0 Å². The number of anilines is 2. The van der Waals surface area contributed by atoms with Gasteiger partial charge in [0.1, 0.15) is 0 Å². The van der Waals surface area contributed by atoms with E-state index in [0.29, 0.717) is 5.69 Å². The summed E-state index contributed by atoms with van der Waals surface area (Å²) in [6, 6.07) is 11.5. The van der Waals surface area contributed by atoms with Crippen molar-refractivity contribution in [3.05, 3.63) is 64.7 Å². The highest BCUT2D eigenvalue weighted by atomic mass is 16.1. The number of benzene rings is 2. The van der Waals surface area contributed by atoms with E-state index in [0.717, 1.165) is 22.4 Å². The molecule has 3 nitrogen and oxygen atoms in total. The zero-order valence-corrected chi connectivity index (χ0v) is 12.6. The van der Waals surface area contributed by atoms with Crippen LogP contribution in [0.5, 0.6) is 0 Å². The van der Waals surface area contributed by atoms with Gasteiger partial charge in [-0.2, -0.15) is 0 Å². The van der Waals surface area contributed by atoms with Crippen molar-refractivity contribution in [2.45, 2.75) is 20.8 Å². The molecule has 0 bridgehead atoms. The number of nitrogens with one attached hydrogen (secondary N) is 1. The standard InChI is InChI=1S/C18H20N2O/c1-12-9-13(2)18(14(3)10-12)20-17(21)8-7-15-5-4-6-16(19)11-15/h4-11H,19H2,1-3H3,(H,20,21)/b8-7+. The zero-order valence-electron chi connectivity index (χ0n) is 12.6. The van der Waals surface area contributed by atoms with E-state index in [-0.39, 0.29) is 5.91 Å². The highest BCUT2D eigenvalue weighted by Gasteiger charge is 2.06. The van der Waals surface area contributed by atoms with Crippen molar-refractivity contribution in [2.24, 2.45) is 0 Å². The number of hydrogen-bond donors (Lipinski definition) is 2. The van der Waals surface area contributed by atoms with Crippen LogP contribution in [0.4, 0.5) is 11.4 Å². The van der Waals surface area contributed by atoms with Crippen LogP contribution in [0.15, 0.2) is 42.5 Å². The summed E-state index contributed by atoms with van der Waals surface area (Å²) in [4.78, 5) is 12.0. The fourth-order valence-electron chi connectivity index (χ4n) is 2.38. The molecule has 0 saturated heterocycles. The molecule has 108 valence electrons. The van der Waals surface area contributed by atoms with Crippen LogP contribution in [0.3, 0.4) is 0 Å². The molecule has 2 aromatic rings. The highest BCUT2D eigenvalue weighted by Crippen LogP contribution is 2.21. The van der Waals surface area contributed by atoms with Gasteiger partial charge in [0.25, 0.3) is 0 Å². The maximum atomic E-state index is 12.0. The Kier molecular flexibility index (Phi) is 4.43. The Morgan fingerprint density at radius 3 is 2.38 bits per heavy atom. The summed E-state index contributed by atoms with van der Waals surface area (Å²) in [5, 5.41) is 2.93. The van der Waals surface area contributed by atoms with Crippen LogP contribution in [0.25, 0.3) is 6.08 Å². The van der Waals surface area contributed by atoms with Crippen LogP contribution < -0.4 is 11.1 Å². The van der Waals surface area contributed by atoms with E-state index in [2.05, 4.69) is 17.4 Å². The first kappa shape index (κ1) is 14.9. The van der Waals surface area contributed by atoms with Crippen LogP contribution >= 0.6 is 0 Å². The molecule has 0 aliphatic carbocycles. The third-order valence-corrected chi connectivity index (χ3v) is 3.26. The van der Waals surface area contributed by atoms with Crippen molar-refractivity contribution in [3.8, 4) is 0 Å². The second-order valence-corrected chi connectivity index (χ2v) is 5.27. The molecule has 3 N–H and O–H groups in total. The number of hydrogen-bond acceptors (Lipinski definition) is 2. The molecule has 1 amide bonds. The molecule has 0 unspecified atom stereocenters. The van der Waals surface area contributed by atoms with E-state index < -0.39 is 0 Å². The molecule has 0 saturated carbocycles. The summed E-state index contributed by atoms with van der Waals surface area (Å²) in [7, 11) is 0. The quantitative estimate of drug-likeness (QED) is 0.663. The first-order valence-electron chi connectivity index (χ1n) is 6.88. The van der Waals surface area contributed by atoms with E-state index in [1.807, 2.05) is 45.0 Å². The smallest absolute Gasteiger partial charge is 0.248 e. The van der Waals surface area contributed by atoms with Crippen molar-refractivity contribution < 1.29 is 4.79 Å². The molecule has 0 spiro atoms. The van der Waals surface area contributed by atoms with Crippen molar-refractivity contribution in [3.63, 3.8) is 0 Å². The fourth-order valence-corrected chi connectivity index (χ4v) is 2.38. The largest absolute Gasteiger partial charge is 0.399 e. The minimum absolute atomic E-state index is 0.146. The number of amides is 1. The van der Waals surface area contributed by atoms with Gasteiger partial charge in [-0.15, -0.1) is 0 Å². The number of nitrogen functional groups attached to an aromatic ring is 1. The predicted molar refractivity (Wildman–Crippen MR) is 89.2 cm³/mol. The van der Waals surface area contributed by atoms with Crippen molar-refractivity contribution >= 4 is 23.4 Å². The van der Waals surface area contributed by atoms with Crippen LogP contribution in [-0.4, -0.2) is 5.91 Å². The summed E-state index contributed by atoms with van der Waals surface area (Å²) in [5.74, 6) is -0.146. The van der Waals surface area contributed by atoms with Gasteiger partial charge in [0.2, 0.25) is 5.91 Å². The van der Waals surface area contributed by atoms with E-state index in [4.69, 9.17) is 5.73 Å². The van der Waals surface area contributed by atoms with Gasteiger partial charge in [-0.1, -0.05) is 29.8 Å². The van der Waals surface area contributed by atoms with Gasteiger partial charge in [-0.25, -0.2) is 0 Å². The molecule has 0 aliphatic rings. The second kappa shape index (κ2) is 6.27. The average molecular weight is 280 g/mol. The third kappa shape index (κ3) is 3.96. The van der Waals surface area contributed by atoms with Crippen molar-refractivity contribution in [1.29, 1.82) is 0 Å². The number of rotatable bonds is 3. The van der Waals surface area contributed by atoms with E-state index in [1.54, 1.807) is 6.08 Å². The van der Waals surface area contributed by atoms with Crippen LogP contribution in [0.1, 0.15) is 22.3 Å². The van der Waals surface area contributed by atoms with E-state index >= 15 is 0 Å². The molecule has 0 aliphatic heterocycles. The Balaban J connectivity index is 2.12. The Labute approximate surface area is 125 Å². The average Bonchev–Trinajstić information content (AvgIpc) is 2.40. The molecule has 3 heteroatoms. The van der Waals surface area contributed by atoms with Gasteiger partial charge in [0, 0.05) is 17.5 Å². The lowest BCUT2D eigenvalue weighted by Gasteiger charge is -2.11. The molecule has 0 fully saturated rings. The lowest BCUT2D eigenvalue weighted by molar-refractivity contribution is -0.111. The maximum Gasteiger partial charge on any atom is 0.248 e. The molecular weight excluding hydrogens is 260 g/mol. The first-order chi connectivity index (χ1) is 9.95. The third-order valence-electron chi connectivity index (χ3n) is 3.26. The first-order valence-corrected chi connectivity index (χ1v) is 6.88. The van der Waals surface area contributed by atoms with Crippen LogP contribution in [0.2, 0.25) is 0 Å². The lowest BCUT2D eigenvalue weighted by Crippen LogP contribution is -2.10. The molecule has 0 atom stereocenters. The monoisotopic (exact) mass is 280 g/mol. The molecule has 0 heterocycles. The maximum absolute atomic E-state index is 12.0. The SMILES string of the molecule is Cc1cc(C)c(NC(=O)/C=C/c2cccc(N)c2)c(C)c1. The lowest BCUT2D eigenvalue weighted by atomic mass is 10.1. The summed E-state index contributed by atoms with van der Waals surface area (Å²) in [6.07, 6.45) is 3.28. The summed E-state index contributed by atoms with van der Waals surface area (Å²) in [6.45, 7) is 6.04. The Morgan fingerprint density at radius 1 is 1.10 bits per heavy atom. The highest BCUT2D eigenvalue weighted by molar-refractivity contribution is 6.02. The molecule has 2 rings (SSSR count). The van der Waals surface area contributed by atoms with Gasteiger partial charge < -0.3 is 11.1 Å². The number of carbonyl (C=O) groups excluding carboxylic acids is 1. The molecule has 0 aromatic heterocycles. The normalized spacial score (nSPS) is 10.8. The Hall–Kier alpha value is -2.55. The number of nitrogens with two attached hydrogens (primary N) is 1. The minimum atomic E-state index is -0.146. The fraction of sp³-hybridized carbons (Fsp3) is 0.167. The van der Waals surface area contributed by atoms with E-state index in [9.17, 15) is 4.79 Å². The van der Waals surface area contributed by atoms with Crippen molar-refractivity contribution in [1.82, 2.24) is 0 Å². The zero-order chi connectivity index (χ0) is 15.4. The topological polar surface area (TPSA) is 55.1 Å². The summed E-state index contributed by atoms with van der Waals surface area (Å²) < 4.78 is 0. The van der Waals surface area contributed by atoms with Gasteiger partial charge in [-0.3, -0.25) is 4.79 Å². The van der Waals surface area contributed by atoms with Crippen LogP contribution in [-0.2, 0) is 4.79 Å². The van der Waals surface area contributed by atoms with Crippen molar-refractivity contribution in [2.75, 3.05) is 11.1 Å². The summed E-state index contributed by atoms with van der Waals surface area (Å²) in [5.41, 5.74) is 11.5. The van der Waals surface area contributed by atoms with Gasteiger partial charge >= 0.3 is 0 Å². The molecule has 21 heavy (non-hydrogen) atoms. The van der Waals surface area contributed by atoms with E-state index in [1.165, 1.54) is 11.6 Å². The van der Waals surface area contributed by atoms with Crippen LogP contribution in [0, 0.1) is 20.8 Å². The second-order valence-electron chi connectivity index (χ2n) is 5.27. The number of carbonyl (C=O) groups is 1.